The molecule has 0 spiro atoms. The summed E-state index contributed by atoms with van der Waals surface area (Å²) < 4.78 is 5.31. The molecule has 0 bridgehead atoms. The lowest BCUT2D eigenvalue weighted by molar-refractivity contribution is 0.128. The van der Waals surface area contributed by atoms with E-state index >= 15 is 0 Å². The van der Waals surface area contributed by atoms with E-state index in [9.17, 15) is 0 Å². The van der Waals surface area contributed by atoms with Crippen molar-refractivity contribution in [3.63, 3.8) is 0 Å². The molecular formula is C16H28ClN3O. The van der Waals surface area contributed by atoms with Crippen molar-refractivity contribution in [1.29, 1.82) is 0 Å². The number of hydrogen-bond acceptors (Lipinski definition) is 4. The Balaban J connectivity index is 2.23. The Bertz CT molecular complexity index is 399. The molecule has 1 aromatic rings. The second-order valence-electron chi connectivity index (χ2n) is 5.65. The number of hydrogen-bond donors (Lipinski definition) is 1. The van der Waals surface area contributed by atoms with Crippen LogP contribution < -0.4 is 5.32 Å². The second-order valence-corrected chi connectivity index (χ2v) is 6.04. The number of nitrogens with one attached hydrogen (secondary N) is 1. The lowest BCUT2D eigenvalue weighted by Gasteiger charge is -2.08. The molecule has 0 amide bonds. The standard InChI is InChI=1S/C16H28ClN3O/c1-4-21-12-16-19-14(17)11-15(20-16)18-10-8-6-5-7-9-13(2)3/h11,13H,4-10,12H2,1-3H3,(H,18,19,20). The van der Waals surface area contributed by atoms with Crippen LogP contribution >= 0.6 is 11.6 Å². The van der Waals surface area contributed by atoms with Gasteiger partial charge in [0.1, 0.15) is 17.6 Å². The van der Waals surface area contributed by atoms with Gasteiger partial charge in [0.05, 0.1) is 0 Å². The van der Waals surface area contributed by atoms with Gasteiger partial charge in [0.2, 0.25) is 0 Å². The molecule has 0 saturated heterocycles. The van der Waals surface area contributed by atoms with Crippen LogP contribution in [0.1, 0.15) is 58.7 Å². The molecule has 0 aliphatic rings. The maximum absolute atomic E-state index is 5.99. The van der Waals surface area contributed by atoms with E-state index in [1.165, 1.54) is 25.7 Å². The van der Waals surface area contributed by atoms with Crippen LogP contribution in [-0.2, 0) is 11.3 Å². The predicted octanol–water partition coefficient (Wildman–Crippen LogP) is 4.68. The molecule has 0 fully saturated rings. The highest BCUT2D eigenvalue weighted by atomic mass is 35.5. The number of unbranched alkanes of at least 4 members (excludes halogenated alkanes) is 3. The summed E-state index contributed by atoms with van der Waals surface area (Å²) in [5.74, 6) is 2.23. The first-order valence-electron chi connectivity index (χ1n) is 7.97. The Morgan fingerprint density at radius 3 is 2.67 bits per heavy atom. The van der Waals surface area contributed by atoms with Gasteiger partial charge in [-0.2, -0.15) is 0 Å². The number of anilines is 1. The number of nitrogens with zero attached hydrogens (tertiary/aromatic N) is 2. The predicted molar refractivity (Wildman–Crippen MR) is 88.8 cm³/mol. The van der Waals surface area contributed by atoms with Crippen LogP contribution in [0.5, 0.6) is 0 Å². The molecule has 0 aliphatic heterocycles. The number of aromatic nitrogens is 2. The van der Waals surface area contributed by atoms with Crippen LogP contribution in [0.25, 0.3) is 0 Å². The van der Waals surface area contributed by atoms with Gasteiger partial charge in [0, 0.05) is 19.2 Å². The van der Waals surface area contributed by atoms with E-state index in [2.05, 4.69) is 29.1 Å². The summed E-state index contributed by atoms with van der Waals surface area (Å²) in [6, 6.07) is 1.76. The SMILES string of the molecule is CCOCc1nc(Cl)cc(NCCCCCCC(C)C)n1. The van der Waals surface area contributed by atoms with Gasteiger partial charge in [-0.15, -0.1) is 0 Å². The smallest absolute Gasteiger partial charge is 0.158 e. The maximum Gasteiger partial charge on any atom is 0.158 e. The van der Waals surface area contributed by atoms with Crippen LogP contribution in [0.2, 0.25) is 5.15 Å². The third-order valence-corrected chi connectivity index (χ3v) is 3.38. The fourth-order valence-corrected chi connectivity index (χ4v) is 2.26. The molecule has 1 rings (SSSR count). The molecule has 0 aliphatic carbocycles. The maximum atomic E-state index is 5.99. The van der Waals surface area contributed by atoms with Gasteiger partial charge in [0.15, 0.2) is 5.82 Å². The van der Waals surface area contributed by atoms with Gasteiger partial charge in [-0.3, -0.25) is 0 Å². The molecule has 120 valence electrons. The lowest BCUT2D eigenvalue weighted by atomic mass is 10.0. The zero-order chi connectivity index (χ0) is 15.5. The average molecular weight is 314 g/mol. The summed E-state index contributed by atoms with van der Waals surface area (Å²) in [6.07, 6.45) is 6.37. The highest BCUT2D eigenvalue weighted by molar-refractivity contribution is 6.29. The lowest BCUT2D eigenvalue weighted by Crippen LogP contribution is -2.07. The molecule has 1 aromatic heterocycles. The molecule has 1 heterocycles. The van der Waals surface area contributed by atoms with Crippen LogP contribution in [0, 0.1) is 5.92 Å². The minimum Gasteiger partial charge on any atom is -0.374 e. The first-order valence-corrected chi connectivity index (χ1v) is 8.34. The molecule has 0 atom stereocenters. The van der Waals surface area contributed by atoms with Crippen LogP contribution in [-0.4, -0.2) is 23.1 Å². The summed E-state index contributed by atoms with van der Waals surface area (Å²) in [4.78, 5) is 8.54. The number of rotatable bonds is 11. The molecule has 0 saturated carbocycles. The van der Waals surface area contributed by atoms with Gasteiger partial charge in [0.25, 0.3) is 0 Å². The molecule has 5 heteroatoms. The highest BCUT2D eigenvalue weighted by Gasteiger charge is 2.03. The fraction of sp³-hybridized carbons (Fsp3) is 0.750. The van der Waals surface area contributed by atoms with Gasteiger partial charge in [-0.05, 0) is 19.3 Å². The molecule has 4 nitrogen and oxygen atoms in total. The van der Waals surface area contributed by atoms with E-state index < -0.39 is 0 Å². The summed E-state index contributed by atoms with van der Waals surface area (Å²) in [5, 5.41) is 3.77. The van der Waals surface area contributed by atoms with Gasteiger partial charge >= 0.3 is 0 Å². The quantitative estimate of drug-likeness (QED) is 0.476. The van der Waals surface area contributed by atoms with Crippen molar-refractivity contribution in [2.24, 2.45) is 5.92 Å². The highest BCUT2D eigenvalue weighted by Crippen LogP contribution is 2.13. The molecule has 1 N–H and O–H groups in total. The second kappa shape index (κ2) is 10.8. The molecular weight excluding hydrogens is 286 g/mol. The third-order valence-electron chi connectivity index (χ3n) is 3.19. The summed E-state index contributed by atoms with van der Waals surface area (Å²) in [5.41, 5.74) is 0. The van der Waals surface area contributed by atoms with Crippen LogP contribution in [0.15, 0.2) is 6.07 Å². The average Bonchev–Trinajstić information content (AvgIpc) is 2.43. The van der Waals surface area contributed by atoms with Crippen molar-refractivity contribution in [1.82, 2.24) is 9.97 Å². The third kappa shape index (κ3) is 8.89. The Kier molecular flexibility index (Phi) is 9.35. The zero-order valence-corrected chi connectivity index (χ0v) is 14.2. The van der Waals surface area contributed by atoms with Crippen LogP contribution in [0.3, 0.4) is 0 Å². The van der Waals surface area contributed by atoms with E-state index in [4.69, 9.17) is 16.3 Å². The molecule has 0 radical (unpaired) electrons. The normalized spacial score (nSPS) is 11.1. The Hall–Kier alpha value is -0.870. The first-order chi connectivity index (χ1) is 10.1. The van der Waals surface area contributed by atoms with Crippen molar-refractivity contribution in [3.05, 3.63) is 17.0 Å². The molecule has 0 unspecified atom stereocenters. The minimum atomic E-state index is 0.404. The topological polar surface area (TPSA) is 47.0 Å². The number of halogens is 1. The van der Waals surface area contributed by atoms with Gasteiger partial charge < -0.3 is 10.1 Å². The number of ether oxygens (including phenoxy) is 1. The minimum absolute atomic E-state index is 0.404. The zero-order valence-electron chi connectivity index (χ0n) is 13.5. The monoisotopic (exact) mass is 313 g/mol. The Morgan fingerprint density at radius 2 is 1.95 bits per heavy atom. The van der Waals surface area contributed by atoms with Gasteiger partial charge in [-0.25, -0.2) is 9.97 Å². The summed E-state index contributed by atoms with van der Waals surface area (Å²) in [7, 11) is 0. The summed E-state index contributed by atoms with van der Waals surface area (Å²) in [6.45, 7) is 8.47. The van der Waals surface area contributed by atoms with Crippen molar-refractivity contribution in [2.75, 3.05) is 18.5 Å². The van der Waals surface area contributed by atoms with E-state index in [1.807, 2.05) is 6.92 Å². The fourth-order valence-electron chi connectivity index (χ4n) is 2.06. The largest absolute Gasteiger partial charge is 0.374 e. The van der Waals surface area contributed by atoms with Crippen molar-refractivity contribution < 1.29 is 4.74 Å². The van der Waals surface area contributed by atoms with E-state index in [-0.39, 0.29) is 0 Å². The van der Waals surface area contributed by atoms with Crippen molar-refractivity contribution in [2.45, 2.75) is 59.5 Å². The van der Waals surface area contributed by atoms with Crippen molar-refractivity contribution >= 4 is 17.4 Å². The molecule has 21 heavy (non-hydrogen) atoms. The van der Waals surface area contributed by atoms with E-state index in [1.54, 1.807) is 6.07 Å². The summed E-state index contributed by atoms with van der Waals surface area (Å²) >= 11 is 5.99. The first kappa shape index (κ1) is 18.2. The van der Waals surface area contributed by atoms with Crippen molar-refractivity contribution in [3.8, 4) is 0 Å². The van der Waals surface area contributed by atoms with Gasteiger partial charge in [-0.1, -0.05) is 51.1 Å². The Morgan fingerprint density at radius 1 is 1.19 bits per heavy atom. The van der Waals surface area contributed by atoms with E-state index in [0.717, 1.165) is 24.7 Å². The van der Waals surface area contributed by atoms with Crippen LogP contribution in [0.4, 0.5) is 5.82 Å². The Labute approximate surface area is 133 Å². The van der Waals surface area contributed by atoms with E-state index in [0.29, 0.717) is 24.2 Å². The molecule has 0 aromatic carbocycles.